The van der Waals surface area contributed by atoms with Gasteiger partial charge in [-0.1, -0.05) is 41.6 Å². The molecule has 0 aliphatic heterocycles. The number of nitrogens with zero attached hydrogens (tertiary/aromatic N) is 4. The molecule has 1 heterocycles. The van der Waals surface area contributed by atoms with Crippen molar-refractivity contribution in [1.29, 1.82) is 0 Å². The third-order valence-electron chi connectivity index (χ3n) is 2.83. The zero-order chi connectivity index (χ0) is 14.5. The fourth-order valence-corrected chi connectivity index (χ4v) is 2.40. The number of nitrogens with two attached hydrogens (primary N) is 1. The van der Waals surface area contributed by atoms with E-state index in [1.807, 2.05) is 31.2 Å². The Morgan fingerprint density at radius 1 is 1.40 bits per heavy atom. The number of amides is 1. The van der Waals surface area contributed by atoms with E-state index in [0.29, 0.717) is 11.7 Å². The van der Waals surface area contributed by atoms with Gasteiger partial charge in [-0.2, -0.15) is 0 Å². The van der Waals surface area contributed by atoms with Crippen molar-refractivity contribution in [3.63, 3.8) is 0 Å². The van der Waals surface area contributed by atoms with E-state index in [1.165, 1.54) is 28.3 Å². The standard InChI is InChI=1S/C13H17N5OS/c1-10-3-5-11(6-4-10)7-17(2)12(19)8-20-13-16-15-9-18(13)14/h3-6,9H,7-8,14H2,1-2H3. The number of aromatic nitrogens is 3. The van der Waals surface area contributed by atoms with Crippen molar-refractivity contribution in [1.82, 2.24) is 19.8 Å². The average Bonchev–Trinajstić information content (AvgIpc) is 2.84. The van der Waals surface area contributed by atoms with Gasteiger partial charge in [0.2, 0.25) is 11.1 Å². The van der Waals surface area contributed by atoms with E-state index < -0.39 is 0 Å². The largest absolute Gasteiger partial charge is 0.341 e. The SMILES string of the molecule is Cc1ccc(CN(C)C(=O)CSc2nncn2N)cc1. The van der Waals surface area contributed by atoms with Crippen LogP contribution in [0.5, 0.6) is 0 Å². The molecule has 1 amide bonds. The van der Waals surface area contributed by atoms with E-state index in [-0.39, 0.29) is 11.7 Å². The summed E-state index contributed by atoms with van der Waals surface area (Å²) in [7, 11) is 1.79. The van der Waals surface area contributed by atoms with Crippen LogP contribution in [-0.2, 0) is 11.3 Å². The summed E-state index contributed by atoms with van der Waals surface area (Å²) in [5, 5.41) is 8.01. The van der Waals surface area contributed by atoms with Gasteiger partial charge in [0.25, 0.3) is 0 Å². The second-order valence-corrected chi connectivity index (χ2v) is 5.49. The lowest BCUT2D eigenvalue weighted by molar-refractivity contribution is -0.127. The van der Waals surface area contributed by atoms with E-state index in [9.17, 15) is 4.79 Å². The molecule has 0 atom stereocenters. The molecule has 2 aromatic rings. The lowest BCUT2D eigenvalue weighted by Gasteiger charge is -2.17. The van der Waals surface area contributed by atoms with Crippen molar-refractivity contribution in [2.75, 3.05) is 18.6 Å². The molecule has 0 bridgehead atoms. The van der Waals surface area contributed by atoms with Crippen LogP contribution in [0.15, 0.2) is 35.7 Å². The minimum absolute atomic E-state index is 0.0265. The van der Waals surface area contributed by atoms with Crippen LogP contribution in [0.1, 0.15) is 11.1 Å². The first-order chi connectivity index (χ1) is 9.56. The van der Waals surface area contributed by atoms with Gasteiger partial charge in [0.05, 0.1) is 5.75 Å². The molecule has 6 nitrogen and oxygen atoms in total. The number of thioether (sulfide) groups is 1. The normalized spacial score (nSPS) is 10.5. The molecule has 2 N–H and O–H groups in total. The zero-order valence-electron chi connectivity index (χ0n) is 11.5. The number of rotatable bonds is 5. The summed E-state index contributed by atoms with van der Waals surface area (Å²) in [6.07, 6.45) is 1.41. The molecule has 2 rings (SSSR count). The van der Waals surface area contributed by atoms with Gasteiger partial charge in [-0.25, -0.2) is 4.68 Å². The van der Waals surface area contributed by atoms with Crippen molar-refractivity contribution in [3.8, 4) is 0 Å². The van der Waals surface area contributed by atoms with Crippen molar-refractivity contribution >= 4 is 17.7 Å². The van der Waals surface area contributed by atoms with Crippen LogP contribution >= 0.6 is 11.8 Å². The summed E-state index contributed by atoms with van der Waals surface area (Å²) < 4.78 is 1.30. The maximum absolute atomic E-state index is 12.0. The van der Waals surface area contributed by atoms with Crippen LogP contribution < -0.4 is 5.84 Å². The number of hydrogen-bond acceptors (Lipinski definition) is 5. The Labute approximate surface area is 121 Å². The summed E-state index contributed by atoms with van der Waals surface area (Å²) in [6, 6.07) is 8.14. The Morgan fingerprint density at radius 2 is 2.10 bits per heavy atom. The van der Waals surface area contributed by atoms with Crippen molar-refractivity contribution in [2.24, 2.45) is 0 Å². The molecule has 0 unspecified atom stereocenters. The molecule has 1 aromatic carbocycles. The molecular weight excluding hydrogens is 274 g/mol. The van der Waals surface area contributed by atoms with Crippen LogP contribution in [0, 0.1) is 6.92 Å². The third-order valence-corrected chi connectivity index (χ3v) is 3.77. The van der Waals surface area contributed by atoms with Gasteiger partial charge in [-0.15, -0.1) is 10.2 Å². The van der Waals surface area contributed by atoms with Gasteiger partial charge >= 0.3 is 0 Å². The highest BCUT2D eigenvalue weighted by atomic mass is 32.2. The summed E-state index contributed by atoms with van der Waals surface area (Å²) >= 11 is 1.28. The molecule has 1 aromatic heterocycles. The second-order valence-electron chi connectivity index (χ2n) is 4.54. The maximum atomic E-state index is 12.0. The second kappa shape index (κ2) is 6.42. The molecule has 0 radical (unpaired) electrons. The van der Waals surface area contributed by atoms with Gasteiger partial charge in [0, 0.05) is 13.6 Å². The fourth-order valence-electron chi connectivity index (χ4n) is 1.63. The summed E-state index contributed by atoms with van der Waals surface area (Å²) in [5.41, 5.74) is 2.32. The van der Waals surface area contributed by atoms with Crippen LogP contribution in [0.3, 0.4) is 0 Å². The molecule has 0 saturated heterocycles. The molecule has 0 fully saturated rings. The van der Waals surface area contributed by atoms with Crippen molar-refractivity contribution < 1.29 is 4.79 Å². The van der Waals surface area contributed by atoms with Crippen LogP contribution in [-0.4, -0.2) is 38.5 Å². The number of hydrogen-bond donors (Lipinski definition) is 1. The molecule has 0 spiro atoms. The van der Waals surface area contributed by atoms with E-state index in [4.69, 9.17) is 5.84 Å². The zero-order valence-corrected chi connectivity index (χ0v) is 12.3. The number of carbonyl (C=O) groups is 1. The average molecular weight is 291 g/mol. The molecule has 20 heavy (non-hydrogen) atoms. The van der Waals surface area contributed by atoms with Gasteiger partial charge in [-0.3, -0.25) is 4.79 Å². The Kier molecular flexibility index (Phi) is 4.62. The molecule has 0 aliphatic carbocycles. The number of aryl methyl sites for hydroxylation is 1. The molecule has 7 heteroatoms. The predicted octanol–water partition coefficient (Wildman–Crippen LogP) is 1.05. The quantitative estimate of drug-likeness (QED) is 0.658. The van der Waals surface area contributed by atoms with Crippen LogP contribution in [0.25, 0.3) is 0 Å². The monoisotopic (exact) mass is 291 g/mol. The van der Waals surface area contributed by atoms with E-state index in [0.717, 1.165) is 5.56 Å². The Hall–Kier alpha value is -2.02. The van der Waals surface area contributed by atoms with E-state index in [1.54, 1.807) is 11.9 Å². The summed E-state index contributed by atoms with van der Waals surface area (Å²) in [4.78, 5) is 13.7. The Bertz CT molecular complexity index is 581. The van der Waals surface area contributed by atoms with E-state index >= 15 is 0 Å². The van der Waals surface area contributed by atoms with Crippen LogP contribution in [0.2, 0.25) is 0 Å². The molecule has 0 aliphatic rings. The first-order valence-corrected chi connectivity index (χ1v) is 7.12. The van der Waals surface area contributed by atoms with E-state index in [2.05, 4.69) is 10.2 Å². The molecule has 0 saturated carbocycles. The smallest absolute Gasteiger partial charge is 0.233 e. The lowest BCUT2D eigenvalue weighted by atomic mass is 10.1. The minimum atomic E-state index is 0.0265. The summed E-state index contributed by atoms with van der Waals surface area (Å²) in [5.74, 6) is 5.90. The highest BCUT2D eigenvalue weighted by Crippen LogP contribution is 2.14. The van der Waals surface area contributed by atoms with Crippen LogP contribution in [0.4, 0.5) is 0 Å². The van der Waals surface area contributed by atoms with Gasteiger partial charge < -0.3 is 10.7 Å². The highest BCUT2D eigenvalue weighted by molar-refractivity contribution is 7.99. The van der Waals surface area contributed by atoms with Crippen molar-refractivity contribution in [3.05, 3.63) is 41.7 Å². The topological polar surface area (TPSA) is 77.0 Å². The van der Waals surface area contributed by atoms with Gasteiger partial charge in [0.15, 0.2) is 0 Å². The number of carbonyl (C=O) groups excluding carboxylic acids is 1. The lowest BCUT2D eigenvalue weighted by Crippen LogP contribution is -2.28. The fraction of sp³-hybridized carbons (Fsp3) is 0.308. The molecule has 106 valence electrons. The minimum Gasteiger partial charge on any atom is -0.341 e. The van der Waals surface area contributed by atoms with Crippen molar-refractivity contribution in [2.45, 2.75) is 18.6 Å². The van der Waals surface area contributed by atoms with Gasteiger partial charge in [-0.05, 0) is 12.5 Å². The predicted molar refractivity (Wildman–Crippen MR) is 78.5 cm³/mol. The highest BCUT2D eigenvalue weighted by Gasteiger charge is 2.12. The number of benzene rings is 1. The molecular formula is C13H17N5OS. The van der Waals surface area contributed by atoms with Gasteiger partial charge in [0.1, 0.15) is 6.33 Å². The first kappa shape index (κ1) is 14.4. The Balaban J connectivity index is 1.86. The maximum Gasteiger partial charge on any atom is 0.233 e. The Morgan fingerprint density at radius 3 is 2.70 bits per heavy atom. The third kappa shape index (κ3) is 3.74. The number of nitrogen functional groups attached to an aromatic ring is 1. The first-order valence-electron chi connectivity index (χ1n) is 6.13. The summed E-state index contributed by atoms with van der Waals surface area (Å²) in [6.45, 7) is 2.63.